The number of amides is 1. The first-order valence-electron chi connectivity index (χ1n) is 8.09. The van der Waals surface area contributed by atoms with E-state index in [1.54, 1.807) is 48.5 Å². The maximum absolute atomic E-state index is 11.9. The Morgan fingerprint density at radius 3 is 2.28 bits per heavy atom. The Hall–Kier alpha value is -2.16. The molecule has 9 heteroatoms. The fraction of sp³-hybridized carbons (Fsp3) is 0.750. The molecule has 0 radical (unpaired) electrons. The summed E-state index contributed by atoms with van der Waals surface area (Å²) in [5.41, 5.74) is -0.865. The summed E-state index contributed by atoms with van der Waals surface area (Å²) in [7, 11) is 0. The lowest BCUT2D eigenvalue weighted by molar-refractivity contribution is 0.0435. The number of ether oxygens (including phenoxy) is 2. The number of rotatable bonds is 4. The zero-order valence-electron chi connectivity index (χ0n) is 15.9. The highest BCUT2D eigenvalue weighted by Gasteiger charge is 2.23. The standard InChI is InChI=1S/C16H28N4O5/c1-10(17-13(22)24-15(2,3)4)12(21)8-11-9-20(19-18-11)14(23)25-16(5,6)7/h9-10,12,21H,8H2,1-7H3,(H,17,22). The predicted molar refractivity (Wildman–Crippen MR) is 90.2 cm³/mol. The van der Waals surface area contributed by atoms with E-state index in [4.69, 9.17) is 9.47 Å². The second kappa shape index (κ2) is 7.81. The fourth-order valence-electron chi connectivity index (χ4n) is 1.77. The maximum atomic E-state index is 11.9. The zero-order chi connectivity index (χ0) is 19.4. The summed E-state index contributed by atoms with van der Waals surface area (Å²) in [6.45, 7) is 12.1. The highest BCUT2D eigenvalue weighted by Crippen LogP contribution is 2.10. The summed E-state index contributed by atoms with van der Waals surface area (Å²) in [4.78, 5) is 23.6. The second-order valence-corrected chi connectivity index (χ2v) is 7.84. The average molecular weight is 356 g/mol. The number of aromatic nitrogens is 3. The molecule has 2 unspecified atom stereocenters. The average Bonchev–Trinajstić information content (AvgIpc) is 2.82. The first kappa shape index (κ1) is 20.9. The molecule has 1 amide bonds. The van der Waals surface area contributed by atoms with Crippen LogP contribution in [0.15, 0.2) is 6.20 Å². The van der Waals surface area contributed by atoms with Gasteiger partial charge in [0.15, 0.2) is 0 Å². The van der Waals surface area contributed by atoms with E-state index < -0.39 is 35.5 Å². The summed E-state index contributed by atoms with van der Waals surface area (Å²) in [6.07, 6.45) is -0.689. The van der Waals surface area contributed by atoms with Crippen LogP contribution in [-0.2, 0) is 15.9 Å². The minimum Gasteiger partial charge on any atom is -0.444 e. The number of carbonyl (C=O) groups excluding carboxylic acids is 2. The van der Waals surface area contributed by atoms with Gasteiger partial charge in [0.1, 0.15) is 11.2 Å². The third kappa shape index (κ3) is 7.97. The van der Waals surface area contributed by atoms with Crippen LogP contribution >= 0.6 is 0 Å². The molecule has 0 aromatic carbocycles. The molecule has 0 saturated heterocycles. The number of hydrogen-bond donors (Lipinski definition) is 2. The smallest absolute Gasteiger partial charge is 0.436 e. The van der Waals surface area contributed by atoms with Crippen molar-refractivity contribution in [1.82, 2.24) is 20.3 Å². The van der Waals surface area contributed by atoms with Gasteiger partial charge in [0.25, 0.3) is 0 Å². The van der Waals surface area contributed by atoms with Crippen LogP contribution in [0.1, 0.15) is 54.2 Å². The van der Waals surface area contributed by atoms with E-state index >= 15 is 0 Å². The molecule has 0 aliphatic rings. The van der Waals surface area contributed by atoms with Gasteiger partial charge in [-0.15, -0.1) is 5.10 Å². The van der Waals surface area contributed by atoms with E-state index in [1.165, 1.54) is 6.20 Å². The van der Waals surface area contributed by atoms with Gasteiger partial charge in [0, 0.05) is 6.42 Å². The molecule has 2 N–H and O–H groups in total. The predicted octanol–water partition coefficient (Wildman–Crippen LogP) is 1.88. The summed E-state index contributed by atoms with van der Waals surface area (Å²) in [5, 5.41) is 20.3. The van der Waals surface area contributed by atoms with Gasteiger partial charge in [-0.1, -0.05) is 5.21 Å². The number of nitrogens with zero attached hydrogens (tertiary/aromatic N) is 3. The number of alkyl carbamates (subject to hydrolysis) is 1. The van der Waals surface area contributed by atoms with Crippen molar-refractivity contribution < 1.29 is 24.2 Å². The van der Waals surface area contributed by atoms with Gasteiger partial charge in [-0.2, -0.15) is 4.68 Å². The minimum atomic E-state index is -0.920. The lowest BCUT2D eigenvalue weighted by Crippen LogP contribution is -2.44. The van der Waals surface area contributed by atoms with Crippen molar-refractivity contribution in [3.63, 3.8) is 0 Å². The van der Waals surface area contributed by atoms with Crippen LogP contribution in [0, 0.1) is 0 Å². The maximum Gasteiger partial charge on any atom is 0.436 e. The van der Waals surface area contributed by atoms with E-state index in [-0.39, 0.29) is 6.42 Å². The van der Waals surface area contributed by atoms with Gasteiger partial charge in [-0.05, 0) is 48.5 Å². The van der Waals surface area contributed by atoms with Crippen molar-refractivity contribution in [2.45, 2.75) is 78.2 Å². The van der Waals surface area contributed by atoms with Crippen LogP contribution in [0.4, 0.5) is 9.59 Å². The van der Waals surface area contributed by atoms with Gasteiger partial charge >= 0.3 is 12.2 Å². The quantitative estimate of drug-likeness (QED) is 0.846. The van der Waals surface area contributed by atoms with Crippen molar-refractivity contribution >= 4 is 12.2 Å². The molecule has 1 aromatic rings. The molecule has 25 heavy (non-hydrogen) atoms. The topological polar surface area (TPSA) is 116 Å². The molecule has 2 atom stereocenters. The first-order chi connectivity index (χ1) is 11.3. The largest absolute Gasteiger partial charge is 0.444 e. The van der Waals surface area contributed by atoms with E-state index in [0.29, 0.717) is 5.69 Å². The van der Waals surface area contributed by atoms with Gasteiger partial charge in [0.2, 0.25) is 0 Å². The molecule has 0 fully saturated rings. The molecule has 9 nitrogen and oxygen atoms in total. The molecule has 1 rings (SSSR count). The Kier molecular flexibility index (Phi) is 6.53. The van der Waals surface area contributed by atoms with Gasteiger partial charge in [-0.3, -0.25) is 0 Å². The van der Waals surface area contributed by atoms with Gasteiger partial charge < -0.3 is 19.9 Å². The molecule has 0 aliphatic carbocycles. The normalized spacial score (nSPS) is 14.6. The van der Waals surface area contributed by atoms with Crippen LogP contribution in [0.25, 0.3) is 0 Å². The number of aliphatic hydroxyl groups is 1. The summed E-state index contributed by atoms with van der Waals surface area (Å²) in [5.74, 6) is 0. The molecule has 142 valence electrons. The van der Waals surface area contributed by atoms with E-state index in [0.717, 1.165) is 4.68 Å². The van der Waals surface area contributed by atoms with Crippen LogP contribution < -0.4 is 5.32 Å². The first-order valence-corrected chi connectivity index (χ1v) is 8.09. The highest BCUT2D eigenvalue weighted by molar-refractivity contribution is 5.69. The van der Waals surface area contributed by atoms with Crippen LogP contribution in [0.2, 0.25) is 0 Å². The van der Waals surface area contributed by atoms with Crippen LogP contribution in [0.3, 0.4) is 0 Å². The summed E-state index contributed by atoms with van der Waals surface area (Å²) >= 11 is 0. The Bertz CT molecular complexity index is 600. The number of carbonyl (C=O) groups is 2. The van der Waals surface area contributed by atoms with Crippen LogP contribution in [0.5, 0.6) is 0 Å². The van der Waals surface area contributed by atoms with E-state index in [2.05, 4.69) is 15.6 Å². The number of aliphatic hydroxyl groups excluding tert-OH is 1. The van der Waals surface area contributed by atoms with Gasteiger partial charge in [-0.25, -0.2) is 9.59 Å². The van der Waals surface area contributed by atoms with Crippen LogP contribution in [-0.4, -0.2) is 55.6 Å². The SMILES string of the molecule is CC(NC(=O)OC(C)(C)C)C(O)Cc1cn(C(=O)OC(C)(C)C)nn1. The Labute approximate surface area is 147 Å². The third-order valence-electron chi connectivity index (χ3n) is 2.86. The molecular formula is C16H28N4O5. The lowest BCUT2D eigenvalue weighted by atomic mass is 10.1. The second-order valence-electron chi connectivity index (χ2n) is 7.84. The minimum absolute atomic E-state index is 0.111. The van der Waals surface area contributed by atoms with Crippen molar-refractivity contribution in [3.05, 3.63) is 11.9 Å². The zero-order valence-corrected chi connectivity index (χ0v) is 15.9. The summed E-state index contributed by atoms with van der Waals surface area (Å²) < 4.78 is 11.3. The Balaban J connectivity index is 2.58. The lowest BCUT2D eigenvalue weighted by Gasteiger charge is -2.24. The molecule has 0 saturated carbocycles. The Morgan fingerprint density at radius 1 is 1.20 bits per heavy atom. The molecule has 0 aliphatic heterocycles. The number of nitrogens with one attached hydrogen (secondary N) is 1. The van der Waals surface area contributed by atoms with Crippen molar-refractivity contribution in [2.24, 2.45) is 0 Å². The molecule has 0 spiro atoms. The number of hydrogen-bond acceptors (Lipinski definition) is 7. The summed E-state index contributed by atoms with van der Waals surface area (Å²) in [6, 6.07) is -0.568. The highest BCUT2D eigenvalue weighted by atomic mass is 16.6. The fourth-order valence-corrected chi connectivity index (χ4v) is 1.77. The molecule has 1 heterocycles. The Morgan fingerprint density at radius 2 is 1.76 bits per heavy atom. The molecular weight excluding hydrogens is 328 g/mol. The third-order valence-corrected chi connectivity index (χ3v) is 2.86. The molecule has 1 aromatic heterocycles. The molecule has 0 bridgehead atoms. The van der Waals surface area contributed by atoms with Gasteiger partial charge in [0.05, 0.1) is 24.0 Å². The van der Waals surface area contributed by atoms with Crippen molar-refractivity contribution in [2.75, 3.05) is 0 Å². The van der Waals surface area contributed by atoms with E-state index in [1.807, 2.05) is 0 Å². The van der Waals surface area contributed by atoms with Crippen molar-refractivity contribution in [1.29, 1.82) is 0 Å². The monoisotopic (exact) mass is 356 g/mol. The van der Waals surface area contributed by atoms with Crippen molar-refractivity contribution in [3.8, 4) is 0 Å². The van der Waals surface area contributed by atoms with E-state index in [9.17, 15) is 14.7 Å².